The van der Waals surface area contributed by atoms with Gasteiger partial charge in [-0.1, -0.05) is 36.4 Å². The van der Waals surface area contributed by atoms with Gasteiger partial charge in [0, 0.05) is 37.4 Å². The standard InChI is InChI=1S/C26H28N4O3/c1-32-22-12-8-9-20(19-22)25(31)28-26(27-23-13-6-7-14-24(23)33-2)30-17-15-29(16-18-30)21-10-4-3-5-11-21/h3-14,19H,15-18H2,1-2H3,(H,27,28,31). The maximum Gasteiger partial charge on any atom is 0.258 e. The minimum atomic E-state index is -0.243. The smallest absolute Gasteiger partial charge is 0.258 e. The van der Waals surface area contributed by atoms with Crippen LogP contribution in [0.4, 0.5) is 11.4 Å². The summed E-state index contributed by atoms with van der Waals surface area (Å²) in [6, 6.07) is 24.9. The molecule has 33 heavy (non-hydrogen) atoms. The monoisotopic (exact) mass is 444 g/mol. The Morgan fingerprint density at radius 3 is 2.30 bits per heavy atom. The molecule has 0 bridgehead atoms. The fourth-order valence-corrected chi connectivity index (χ4v) is 3.77. The molecule has 1 N–H and O–H groups in total. The van der Waals surface area contributed by atoms with Gasteiger partial charge in [0.1, 0.15) is 17.2 Å². The summed E-state index contributed by atoms with van der Waals surface area (Å²) in [6.45, 7) is 3.09. The second kappa shape index (κ2) is 10.5. The maximum absolute atomic E-state index is 13.1. The van der Waals surface area contributed by atoms with Crippen molar-refractivity contribution in [3.8, 4) is 11.5 Å². The Bertz CT molecular complexity index is 1110. The van der Waals surface area contributed by atoms with Gasteiger partial charge < -0.3 is 19.3 Å². The number of amides is 1. The Morgan fingerprint density at radius 1 is 0.848 bits per heavy atom. The molecule has 3 aromatic carbocycles. The number of hydrogen-bond acceptors (Lipinski definition) is 5. The average molecular weight is 445 g/mol. The van der Waals surface area contributed by atoms with Gasteiger partial charge in [0.05, 0.1) is 14.2 Å². The number of hydrogen-bond donors (Lipinski definition) is 1. The highest BCUT2D eigenvalue weighted by Crippen LogP contribution is 2.27. The molecular weight excluding hydrogens is 416 g/mol. The summed E-state index contributed by atoms with van der Waals surface area (Å²) in [4.78, 5) is 22.3. The van der Waals surface area contributed by atoms with Crippen molar-refractivity contribution in [3.63, 3.8) is 0 Å². The van der Waals surface area contributed by atoms with Crippen LogP contribution in [0.2, 0.25) is 0 Å². The summed E-state index contributed by atoms with van der Waals surface area (Å²) in [5, 5.41) is 3.02. The second-order valence-corrected chi connectivity index (χ2v) is 7.60. The van der Waals surface area contributed by atoms with E-state index in [0.29, 0.717) is 28.7 Å². The molecule has 0 spiro atoms. The van der Waals surface area contributed by atoms with Crippen molar-refractivity contribution in [3.05, 3.63) is 84.4 Å². The predicted octanol–water partition coefficient (Wildman–Crippen LogP) is 3.94. The van der Waals surface area contributed by atoms with E-state index in [1.165, 1.54) is 5.69 Å². The number of nitrogens with one attached hydrogen (secondary N) is 1. The lowest BCUT2D eigenvalue weighted by molar-refractivity contribution is 0.0971. The zero-order chi connectivity index (χ0) is 23.0. The number of guanidine groups is 1. The largest absolute Gasteiger partial charge is 0.497 e. The summed E-state index contributed by atoms with van der Waals surface area (Å²) < 4.78 is 10.7. The molecule has 1 heterocycles. The van der Waals surface area contributed by atoms with Crippen molar-refractivity contribution in [1.82, 2.24) is 10.2 Å². The van der Waals surface area contributed by atoms with Crippen LogP contribution in [0.5, 0.6) is 11.5 Å². The molecule has 4 rings (SSSR count). The van der Waals surface area contributed by atoms with Gasteiger partial charge in [-0.25, -0.2) is 4.99 Å². The fourth-order valence-electron chi connectivity index (χ4n) is 3.77. The van der Waals surface area contributed by atoms with Gasteiger partial charge in [-0.2, -0.15) is 0 Å². The third kappa shape index (κ3) is 5.44. The van der Waals surface area contributed by atoms with Gasteiger partial charge in [-0.15, -0.1) is 0 Å². The zero-order valence-corrected chi connectivity index (χ0v) is 18.9. The highest BCUT2D eigenvalue weighted by molar-refractivity contribution is 6.06. The normalized spacial score (nSPS) is 14.1. The van der Waals surface area contributed by atoms with Crippen molar-refractivity contribution in [2.24, 2.45) is 4.99 Å². The number of rotatable bonds is 5. The SMILES string of the molecule is COc1cccc(C(=O)NC(=Nc2ccccc2OC)N2CCN(c3ccccc3)CC2)c1. The number of nitrogens with zero attached hydrogens (tertiary/aromatic N) is 3. The Labute approximate surface area is 194 Å². The molecule has 1 amide bonds. The van der Waals surface area contributed by atoms with Crippen molar-refractivity contribution in [2.45, 2.75) is 0 Å². The van der Waals surface area contributed by atoms with Crippen LogP contribution < -0.4 is 19.7 Å². The Kier molecular flexibility index (Phi) is 7.09. The van der Waals surface area contributed by atoms with Crippen LogP contribution in [0.15, 0.2) is 83.9 Å². The van der Waals surface area contributed by atoms with Crippen LogP contribution >= 0.6 is 0 Å². The van der Waals surface area contributed by atoms with E-state index in [9.17, 15) is 4.79 Å². The lowest BCUT2D eigenvalue weighted by Gasteiger charge is -2.37. The number of carbonyl (C=O) groups is 1. The van der Waals surface area contributed by atoms with E-state index in [-0.39, 0.29) is 5.91 Å². The summed E-state index contributed by atoms with van der Waals surface area (Å²) in [5.74, 6) is 1.53. The van der Waals surface area contributed by atoms with Crippen molar-refractivity contribution >= 4 is 23.2 Å². The molecule has 1 saturated heterocycles. The topological polar surface area (TPSA) is 66.4 Å². The average Bonchev–Trinajstić information content (AvgIpc) is 2.89. The quantitative estimate of drug-likeness (QED) is 0.477. The number of carbonyl (C=O) groups excluding carboxylic acids is 1. The molecule has 0 aliphatic carbocycles. The van der Waals surface area contributed by atoms with E-state index in [1.807, 2.05) is 48.5 Å². The van der Waals surface area contributed by atoms with E-state index < -0.39 is 0 Å². The highest BCUT2D eigenvalue weighted by Gasteiger charge is 2.22. The number of benzene rings is 3. The molecule has 0 radical (unpaired) electrons. The van der Waals surface area contributed by atoms with Gasteiger partial charge in [-0.3, -0.25) is 10.1 Å². The van der Waals surface area contributed by atoms with Crippen LogP contribution in [0.3, 0.4) is 0 Å². The summed E-state index contributed by atoms with van der Waals surface area (Å²) in [5.41, 5.74) is 2.36. The minimum Gasteiger partial charge on any atom is -0.497 e. The Morgan fingerprint density at radius 2 is 1.58 bits per heavy atom. The van der Waals surface area contributed by atoms with Gasteiger partial charge in [0.2, 0.25) is 5.96 Å². The lowest BCUT2D eigenvalue weighted by Crippen LogP contribution is -2.53. The first-order chi connectivity index (χ1) is 16.2. The maximum atomic E-state index is 13.1. The van der Waals surface area contributed by atoms with E-state index in [4.69, 9.17) is 14.5 Å². The van der Waals surface area contributed by atoms with Crippen LogP contribution in [-0.2, 0) is 0 Å². The molecule has 0 aromatic heterocycles. The predicted molar refractivity (Wildman–Crippen MR) is 131 cm³/mol. The number of anilines is 1. The highest BCUT2D eigenvalue weighted by atomic mass is 16.5. The minimum absolute atomic E-state index is 0.243. The van der Waals surface area contributed by atoms with Gasteiger partial charge in [0.15, 0.2) is 0 Å². The zero-order valence-electron chi connectivity index (χ0n) is 18.9. The molecule has 3 aromatic rings. The summed E-state index contributed by atoms with van der Waals surface area (Å²) in [7, 11) is 3.19. The van der Waals surface area contributed by atoms with Gasteiger partial charge >= 0.3 is 0 Å². The van der Waals surface area contributed by atoms with Gasteiger partial charge in [-0.05, 0) is 42.5 Å². The molecule has 1 fully saturated rings. The van der Waals surface area contributed by atoms with Gasteiger partial charge in [0.25, 0.3) is 5.91 Å². The summed E-state index contributed by atoms with van der Waals surface area (Å²) >= 11 is 0. The fraction of sp³-hybridized carbons (Fsp3) is 0.231. The second-order valence-electron chi connectivity index (χ2n) is 7.60. The van der Waals surface area contributed by atoms with E-state index >= 15 is 0 Å². The molecular formula is C26H28N4O3. The van der Waals surface area contributed by atoms with E-state index in [0.717, 1.165) is 26.2 Å². The Hall–Kier alpha value is -4.00. The Balaban J connectivity index is 1.58. The third-order valence-electron chi connectivity index (χ3n) is 5.57. The number of methoxy groups -OCH3 is 2. The molecule has 0 atom stereocenters. The van der Waals surface area contributed by atoms with Crippen LogP contribution in [-0.4, -0.2) is 57.2 Å². The van der Waals surface area contributed by atoms with E-state index in [2.05, 4.69) is 27.2 Å². The van der Waals surface area contributed by atoms with Crippen molar-refractivity contribution in [2.75, 3.05) is 45.3 Å². The first-order valence-corrected chi connectivity index (χ1v) is 10.9. The van der Waals surface area contributed by atoms with Crippen LogP contribution in [0.25, 0.3) is 0 Å². The molecule has 0 saturated carbocycles. The van der Waals surface area contributed by atoms with Crippen LogP contribution in [0, 0.1) is 0 Å². The molecule has 7 heteroatoms. The number of piperazine rings is 1. The van der Waals surface area contributed by atoms with Crippen molar-refractivity contribution < 1.29 is 14.3 Å². The third-order valence-corrected chi connectivity index (χ3v) is 5.57. The lowest BCUT2D eigenvalue weighted by atomic mass is 10.2. The van der Waals surface area contributed by atoms with E-state index in [1.54, 1.807) is 32.4 Å². The first-order valence-electron chi connectivity index (χ1n) is 10.9. The van der Waals surface area contributed by atoms with Crippen molar-refractivity contribution in [1.29, 1.82) is 0 Å². The molecule has 1 aliphatic heterocycles. The first kappa shape index (κ1) is 22.2. The molecule has 170 valence electrons. The molecule has 0 unspecified atom stereocenters. The van der Waals surface area contributed by atoms with Crippen LogP contribution in [0.1, 0.15) is 10.4 Å². The number of ether oxygens (including phenoxy) is 2. The number of aliphatic imine (C=N–C) groups is 1. The molecule has 7 nitrogen and oxygen atoms in total. The molecule has 1 aliphatic rings. The summed E-state index contributed by atoms with van der Waals surface area (Å²) in [6.07, 6.45) is 0. The number of para-hydroxylation sites is 3.